The van der Waals surface area contributed by atoms with E-state index in [9.17, 15) is 0 Å². The van der Waals surface area contributed by atoms with Crippen molar-refractivity contribution in [3.05, 3.63) is 70.1 Å². The molecule has 0 amide bonds. The van der Waals surface area contributed by atoms with Gasteiger partial charge in [0, 0.05) is 15.8 Å². The highest BCUT2D eigenvalue weighted by Crippen LogP contribution is 2.29. The van der Waals surface area contributed by atoms with Crippen LogP contribution in [0.4, 0.5) is 0 Å². The lowest BCUT2D eigenvalue weighted by Crippen LogP contribution is -2.18. The lowest BCUT2D eigenvalue weighted by molar-refractivity contribution is 0.594. The Kier molecular flexibility index (Phi) is 4.06. The van der Waals surface area contributed by atoms with Crippen molar-refractivity contribution in [2.45, 2.75) is 12.5 Å². The van der Waals surface area contributed by atoms with Gasteiger partial charge in [0.2, 0.25) is 0 Å². The summed E-state index contributed by atoms with van der Waals surface area (Å²) in [7, 11) is 2.00. The first kappa shape index (κ1) is 13.6. The zero-order chi connectivity index (χ0) is 13.9. The number of rotatable bonds is 4. The standard InChI is InChI=1S/C17H16ClNS/c1-19-16(12-5-4-6-14(18)9-12)10-13-11-20-17-8-3-2-7-15(13)17/h2-9,11,16,19H,10H2,1H3. The van der Waals surface area contributed by atoms with Gasteiger partial charge in [0.1, 0.15) is 0 Å². The van der Waals surface area contributed by atoms with Crippen molar-refractivity contribution in [1.29, 1.82) is 0 Å². The van der Waals surface area contributed by atoms with E-state index in [1.54, 1.807) is 0 Å². The van der Waals surface area contributed by atoms with Crippen LogP contribution in [0.3, 0.4) is 0 Å². The highest BCUT2D eigenvalue weighted by Gasteiger charge is 2.13. The Hall–Kier alpha value is -1.35. The Morgan fingerprint density at radius 2 is 2.00 bits per heavy atom. The van der Waals surface area contributed by atoms with E-state index < -0.39 is 0 Å². The third-order valence-electron chi connectivity index (χ3n) is 3.58. The van der Waals surface area contributed by atoms with Gasteiger partial charge in [-0.25, -0.2) is 0 Å². The monoisotopic (exact) mass is 301 g/mol. The first-order valence-electron chi connectivity index (χ1n) is 6.66. The Labute approximate surface area is 128 Å². The molecule has 1 heterocycles. The molecule has 3 aromatic rings. The van der Waals surface area contributed by atoms with Crippen LogP contribution in [-0.4, -0.2) is 7.05 Å². The van der Waals surface area contributed by atoms with Crippen LogP contribution < -0.4 is 5.32 Å². The maximum atomic E-state index is 6.10. The molecule has 0 saturated carbocycles. The highest BCUT2D eigenvalue weighted by molar-refractivity contribution is 7.17. The molecule has 0 aliphatic heterocycles. The van der Waals surface area contributed by atoms with Crippen molar-refractivity contribution in [3.8, 4) is 0 Å². The smallest absolute Gasteiger partial charge is 0.0409 e. The van der Waals surface area contributed by atoms with Crippen molar-refractivity contribution in [2.24, 2.45) is 0 Å². The molecule has 0 spiro atoms. The minimum atomic E-state index is 0.284. The zero-order valence-electron chi connectivity index (χ0n) is 11.3. The number of likely N-dealkylation sites (N-methyl/N-ethyl adjacent to an activating group) is 1. The number of hydrogen-bond donors (Lipinski definition) is 1. The van der Waals surface area contributed by atoms with Crippen LogP contribution in [0.5, 0.6) is 0 Å². The average Bonchev–Trinajstić information content (AvgIpc) is 2.88. The van der Waals surface area contributed by atoms with E-state index >= 15 is 0 Å². The Morgan fingerprint density at radius 1 is 1.15 bits per heavy atom. The Bertz CT molecular complexity index is 720. The Balaban J connectivity index is 1.92. The topological polar surface area (TPSA) is 12.0 Å². The lowest BCUT2D eigenvalue weighted by atomic mass is 9.99. The van der Waals surface area contributed by atoms with Crippen molar-refractivity contribution in [2.75, 3.05) is 7.05 Å². The van der Waals surface area contributed by atoms with Gasteiger partial charge in [-0.3, -0.25) is 0 Å². The molecule has 20 heavy (non-hydrogen) atoms. The first-order valence-corrected chi connectivity index (χ1v) is 7.91. The summed E-state index contributed by atoms with van der Waals surface area (Å²) in [5.74, 6) is 0. The predicted molar refractivity (Wildman–Crippen MR) is 88.8 cm³/mol. The SMILES string of the molecule is CNC(Cc1csc2ccccc12)c1cccc(Cl)c1. The molecule has 0 fully saturated rings. The maximum absolute atomic E-state index is 6.10. The van der Waals surface area contributed by atoms with E-state index in [0.29, 0.717) is 0 Å². The van der Waals surface area contributed by atoms with Crippen LogP contribution >= 0.6 is 22.9 Å². The minimum Gasteiger partial charge on any atom is -0.313 e. The summed E-state index contributed by atoms with van der Waals surface area (Å²) in [6, 6.07) is 16.9. The van der Waals surface area contributed by atoms with E-state index in [2.05, 4.69) is 41.0 Å². The van der Waals surface area contributed by atoms with E-state index in [1.807, 2.05) is 36.6 Å². The summed E-state index contributed by atoms with van der Waals surface area (Å²) in [5.41, 5.74) is 2.63. The van der Waals surface area contributed by atoms with Crippen molar-refractivity contribution in [1.82, 2.24) is 5.32 Å². The van der Waals surface area contributed by atoms with Gasteiger partial charge in [0.05, 0.1) is 0 Å². The lowest BCUT2D eigenvalue weighted by Gasteiger charge is -2.16. The van der Waals surface area contributed by atoms with E-state index in [-0.39, 0.29) is 6.04 Å². The summed E-state index contributed by atoms with van der Waals surface area (Å²) in [6.45, 7) is 0. The van der Waals surface area contributed by atoms with Crippen LogP contribution in [0.1, 0.15) is 17.2 Å². The zero-order valence-corrected chi connectivity index (χ0v) is 12.8. The van der Waals surface area contributed by atoms with E-state index in [4.69, 9.17) is 11.6 Å². The van der Waals surface area contributed by atoms with Gasteiger partial charge in [0.25, 0.3) is 0 Å². The summed E-state index contributed by atoms with van der Waals surface area (Å²) in [5, 5.41) is 7.81. The number of halogens is 1. The Morgan fingerprint density at radius 3 is 2.80 bits per heavy atom. The molecule has 3 rings (SSSR count). The number of hydrogen-bond acceptors (Lipinski definition) is 2. The van der Waals surface area contributed by atoms with Crippen molar-refractivity contribution in [3.63, 3.8) is 0 Å². The molecule has 1 unspecified atom stereocenters. The van der Waals surface area contributed by atoms with Crippen LogP contribution in [0, 0.1) is 0 Å². The summed E-state index contributed by atoms with van der Waals surface area (Å²) < 4.78 is 1.35. The molecular weight excluding hydrogens is 286 g/mol. The van der Waals surface area contributed by atoms with Crippen LogP contribution in [0.2, 0.25) is 5.02 Å². The number of benzene rings is 2. The molecular formula is C17H16ClNS. The molecule has 1 N–H and O–H groups in total. The van der Waals surface area contributed by atoms with Crippen molar-refractivity contribution >= 4 is 33.0 Å². The van der Waals surface area contributed by atoms with Crippen LogP contribution in [0.25, 0.3) is 10.1 Å². The second kappa shape index (κ2) is 5.96. The molecule has 102 valence electrons. The molecule has 1 aromatic heterocycles. The van der Waals surface area contributed by atoms with Crippen molar-refractivity contribution < 1.29 is 0 Å². The largest absolute Gasteiger partial charge is 0.313 e. The third-order valence-corrected chi connectivity index (χ3v) is 4.83. The fraction of sp³-hybridized carbons (Fsp3) is 0.176. The number of fused-ring (bicyclic) bond motifs is 1. The second-order valence-corrected chi connectivity index (χ2v) is 6.21. The summed E-state index contributed by atoms with van der Waals surface area (Å²) >= 11 is 7.91. The molecule has 1 atom stereocenters. The van der Waals surface area contributed by atoms with Gasteiger partial charge >= 0.3 is 0 Å². The normalized spacial score (nSPS) is 12.7. The van der Waals surface area contributed by atoms with Crippen LogP contribution in [-0.2, 0) is 6.42 Å². The molecule has 0 aliphatic rings. The molecule has 2 aromatic carbocycles. The third kappa shape index (κ3) is 2.73. The molecule has 0 saturated heterocycles. The molecule has 1 nitrogen and oxygen atoms in total. The highest BCUT2D eigenvalue weighted by atomic mass is 35.5. The van der Waals surface area contributed by atoms with E-state index in [0.717, 1.165) is 11.4 Å². The maximum Gasteiger partial charge on any atom is 0.0409 e. The van der Waals surface area contributed by atoms with Gasteiger partial charge in [0.15, 0.2) is 0 Å². The summed E-state index contributed by atoms with van der Waals surface area (Å²) in [6.07, 6.45) is 0.973. The molecule has 0 aliphatic carbocycles. The average molecular weight is 302 g/mol. The van der Waals surface area contributed by atoms with Gasteiger partial charge in [-0.2, -0.15) is 0 Å². The van der Waals surface area contributed by atoms with Gasteiger partial charge in [-0.05, 0) is 53.6 Å². The van der Waals surface area contributed by atoms with Gasteiger partial charge in [-0.1, -0.05) is 41.9 Å². The first-order chi connectivity index (χ1) is 9.78. The predicted octanol–water partition coefficient (Wildman–Crippen LogP) is 5.06. The molecule has 0 bridgehead atoms. The minimum absolute atomic E-state index is 0.284. The second-order valence-electron chi connectivity index (χ2n) is 4.86. The van der Waals surface area contributed by atoms with Gasteiger partial charge in [-0.15, -0.1) is 11.3 Å². The number of thiophene rings is 1. The quantitative estimate of drug-likeness (QED) is 0.710. The fourth-order valence-electron chi connectivity index (χ4n) is 2.52. The summed E-state index contributed by atoms with van der Waals surface area (Å²) in [4.78, 5) is 0. The van der Waals surface area contributed by atoms with Crippen LogP contribution in [0.15, 0.2) is 53.9 Å². The molecule has 3 heteroatoms. The molecule has 0 radical (unpaired) electrons. The van der Waals surface area contributed by atoms with Gasteiger partial charge < -0.3 is 5.32 Å². The fourth-order valence-corrected chi connectivity index (χ4v) is 3.70. The van der Waals surface area contributed by atoms with E-state index in [1.165, 1.54) is 21.2 Å². The number of nitrogens with one attached hydrogen (secondary N) is 1.